The molecule has 6 heteroatoms. The van der Waals surface area contributed by atoms with Crippen LogP contribution in [0.15, 0.2) is 66.7 Å². The number of aliphatic hydroxyl groups excluding tert-OH is 1. The fourth-order valence-corrected chi connectivity index (χ4v) is 4.38. The molecular formula is C25H23N3O3. The van der Waals surface area contributed by atoms with E-state index >= 15 is 0 Å². The van der Waals surface area contributed by atoms with Crippen molar-refractivity contribution in [2.75, 3.05) is 5.32 Å². The van der Waals surface area contributed by atoms with Gasteiger partial charge in [-0.25, -0.2) is 4.98 Å². The van der Waals surface area contributed by atoms with Crippen molar-refractivity contribution in [2.24, 2.45) is 0 Å². The molecule has 0 unspecified atom stereocenters. The molecule has 0 bridgehead atoms. The van der Waals surface area contributed by atoms with E-state index in [9.17, 15) is 15.0 Å². The number of anilines is 2. The first-order valence-corrected chi connectivity index (χ1v) is 10.4. The third-order valence-corrected chi connectivity index (χ3v) is 5.90. The summed E-state index contributed by atoms with van der Waals surface area (Å²) in [5.41, 5.74) is 5.11. The molecular weight excluding hydrogens is 390 g/mol. The van der Waals surface area contributed by atoms with E-state index in [2.05, 4.69) is 5.32 Å². The van der Waals surface area contributed by atoms with Gasteiger partial charge in [-0.3, -0.25) is 9.36 Å². The Morgan fingerprint density at radius 2 is 1.90 bits per heavy atom. The van der Waals surface area contributed by atoms with Gasteiger partial charge in [0.15, 0.2) is 5.78 Å². The molecule has 2 atom stereocenters. The van der Waals surface area contributed by atoms with Crippen LogP contribution < -0.4 is 5.32 Å². The number of aromatic nitrogens is 2. The predicted molar refractivity (Wildman–Crippen MR) is 120 cm³/mol. The maximum Gasteiger partial charge on any atom is 0.209 e. The molecule has 6 nitrogen and oxygen atoms in total. The number of benzene rings is 3. The van der Waals surface area contributed by atoms with Crippen LogP contribution in [0.25, 0.3) is 11.0 Å². The molecule has 0 saturated carbocycles. The molecule has 0 spiro atoms. The fraction of sp³-hybridized carbons (Fsp3) is 0.200. The molecule has 1 aliphatic rings. The van der Waals surface area contributed by atoms with Gasteiger partial charge < -0.3 is 15.5 Å². The number of fused-ring (bicyclic) bond motifs is 2. The number of nitrogens with one attached hydrogen (secondary N) is 1. The van der Waals surface area contributed by atoms with E-state index in [-0.39, 0.29) is 17.6 Å². The number of aromatic hydroxyl groups is 1. The number of Topliss-reactive ketones (excluding diaryl/α,β-unsaturated/α-hetero) is 1. The Hall–Kier alpha value is -3.64. The van der Waals surface area contributed by atoms with Gasteiger partial charge in [0.1, 0.15) is 5.75 Å². The first-order chi connectivity index (χ1) is 15.0. The summed E-state index contributed by atoms with van der Waals surface area (Å²) in [5.74, 6) is 0.820. The molecule has 0 saturated heterocycles. The minimum absolute atomic E-state index is 0.0655. The SMILES string of the molecule is CCC(=O)c1ccc2c(c1)nc(Nc1ccc(O)cc1)n2[C@H]1c2ccccc2C[C@H]1O. The zero-order chi connectivity index (χ0) is 21.5. The third-order valence-electron chi connectivity index (χ3n) is 5.90. The summed E-state index contributed by atoms with van der Waals surface area (Å²) >= 11 is 0. The lowest BCUT2D eigenvalue weighted by molar-refractivity contribution is 0.0988. The van der Waals surface area contributed by atoms with Crippen molar-refractivity contribution in [2.45, 2.75) is 31.9 Å². The number of phenols is 1. The number of nitrogens with zero attached hydrogens (tertiary/aromatic N) is 2. The standard InChI is InChI=1S/C25H23N3O3/c1-2-22(30)16-7-12-21-20(13-16)27-25(26-17-8-10-18(29)11-9-17)28(21)24-19-6-4-3-5-15(19)14-23(24)31/h3-13,23-24,29,31H,2,14H2,1H3,(H,26,27)/t23-,24+/m1/s1. The summed E-state index contributed by atoms with van der Waals surface area (Å²) < 4.78 is 2.01. The molecule has 0 aliphatic heterocycles. The molecule has 0 fully saturated rings. The molecule has 1 aliphatic carbocycles. The maximum absolute atomic E-state index is 12.2. The number of aliphatic hydroxyl groups is 1. The van der Waals surface area contributed by atoms with Crippen molar-refractivity contribution in [3.63, 3.8) is 0 Å². The largest absolute Gasteiger partial charge is 0.508 e. The Morgan fingerprint density at radius 3 is 2.68 bits per heavy atom. The Kier molecular flexibility index (Phi) is 4.71. The van der Waals surface area contributed by atoms with Crippen molar-refractivity contribution in [1.82, 2.24) is 9.55 Å². The zero-order valence-corrected chi connectivity index (χ0v) is 17.1. The maximum atomic E-state index is 12.2. The van der Waals surface area contributed by atoms with Crippen molar-refractivity contribution < 1.29 is 15.0 Å². The monoisotopic (exact) mass is 413 g/mol. The van der Waals surface area contributed by atoms with E-state index in [1.807, 2.05) is 54.0 Å². The van der Waals surface area contributed by atoms with Crippen LogP contribution in [0.4, 0.5) is 11.6 Å². The van der Waals surface area contributed by atoms with Crippen molar-refractivity contribution in [3.05, 3.63) is 83.4 Å². The van der Waals surface area contributed by atoms with E-state index in [0.29, 0.717) is 29.9 Å². The number of carbonyl (C=O) groups excluding carboxylic acids is 1. The van der Waals surface area contributed by atoms with Crippen molar-refractivity contribution in [1.29, 1.82) is 0 Å². The molecule has 0 radical (unpaired) electrons. The summed E-state index contributed by atoms with van der Waals surface area (Å²) in [6.45, 7) is 1.84. The first-order valence-electron chi connectivity index (χ1n) is 10.4. The number of ketones is 1. The molecule has 3 N–H and O–H groups in total. The zero-order valence-electron chi connectivity index (χ0n) is 17.1. The summed E-state index contributed by atoms with van der Waals surface area (Å²) in [6, 6.07) is 20.0. The molecule has 0 amide bonds. The molecule has 3 aromatic carbocycles. The van der Waals surface area contributed by atoms with E-state index in [4.69, 9.17) is 4.98 Å². The number of hydrogen-bond acceptors (Lipinski definition) is 5. The minimum Gasteiger partial charge on any atom is -0.508 e. The van der Waals surface area contributed by atoms with Crippen molar-refractivity contribution >= 4 is 28.5 Å². The van der Waals surface area contributed by atoms with E-state index < -0.39 is 6.10 Å². The average Bonchev–Trinajstić information content (AvgIpc) is 3.29. The number of carbonyl (C=O) groups is 1. The van der Waals surface area contributed by atoms with Crippen LogP contribution in [-0.4, -0.2) is 31.7 Å². The smallest absolute Gasteiger partial charge is 0.209 e. The Bertz CT molecular complexity index is 1280. The van der Waals surface area contributed by atoms with E-state index in [0.717, 1.165) is 22.3 Å². The highest BCUT2D eigenvalue weighted by Crippen LogP contribution is 2.39. The molecule has 5 rings (SSSR count). The summed E-state index contributed by atoms with van der Waals surface area (Å²) in [4.78, 5) is 17.0. The lowest BCUT2D eigenvalue weighted by Crippen LogP contribution is -2.22. The van der Waals surface area contributed by atoms with Crippen LogP contribution in [0, 0.1) is 0 Å². The quantitative estimate of drug-likeness (QED) is 0.329. The Labute approximate surface area is 179 Å². The predicted octanol–water partition coefficient (Wildman–Crippen LogP) is 4.58. The first kappa shape index (κ1) is 19.3. The molecule has 31 heavy (non-hydrogen) atoms. The Morgan fingerprint density at radius 1 is 1.13 bits per heavy atom. The normalized spacial score (nSPS) is 17.6. The number of phenolic OH excluding ortho intramolecular Hbond substituents is 1. The van der Waals surface area contributed by atoms with Crippen LogP contribution in [0.1, 0.15) is 40.9 Å². The van der Waals surface area contributed by atoms with Gasteiger partial charge in [0.25, 0.3) is 0 Å². The number of rotatable bonds is 5. The topological polar surface area (TPSA) is 87.4 Å². The fourth-order valence-electron chi connectivity index (χ4n) is 4.38. The van der Waals surface area contributed by atoms with Gasteiger partial charge in [0, 0.05) is 24.1 Å². The van der Waals surface area contributed by atoms with Crippen LogP contribution in [0.5, 0.6) is 5.75 Å². The second kappa shape index (κ2) is 7.56. The van der Waals surface area contributed by atoms with Crippen LogP contribution in [0.2, 0.25) is 0 Å². The second-order valence-corrected chi connectivity index (χ2v) is 7.87. The summed E-state index contributed by atoms with van der Waals surface area (Å²) in [7, 11) is 0. The summed E-state index contributed by atoms with van der Waals surface area (Å²) in [5, 5.41) is 23.9. The molecule has 1 heterocycles. The van der Waals surface area contributed by atoms with Gasteiger partial charge in [-0.1, -0.05) is 31.2 Å². The number of imidazole rings is 1. The summed E-state index contributed by atoms with van der Waals surface area (Å²) in [6.07, 6.45) is 0.414. The van der Waals surface area contributed by atoms with Crippen molar-refractivity contribution in [3.8, 4) is 5.75 Å². The van der Waals surface area contributed by atoms with Gasteiger partial charge in [-0.15, -0.1) is 0 Å². The molecule has 1 aromatic heterocycles. The average molecular weight is 413 g/mol. The Balaban J connectivity index is 1.69. The lowest BCUT2D eigenvalue weighted by atomic mass is 10.1. The van der Waals surface area contributed by atoms with Crippen LogP contribution in [0.3, 0.4) is 0 Å². The highest BCUT2D eigenvalue weighted by molar-refractivity contribution is 5.99. The van der Waals surface area contributed by atoms with Gasteiger partial charge in [-0.2, -0.15) is 0 Å². The molecule has 4 aromatic rings. The van der Waals surface area contributed by atoms with E-state index in [1.165, 1.54) is 0 Å². The second-order valence-electron chi connectivity index (χ2n) is 7.87. The van der Waals surface area contributed by atoms with E-state index in [1.54, 1.807) is 24.3 Å². The highest BCUT2D eigenvalue weighted by Gasteiger charge is 2.35. The number of hydrogen-bond donors (Lipinski definition) is 3. The van der Waals surface area contributed by atoms with Crippen LogP contribution >= 0.6 is 0 Å². The van der Waals surface area contributed by atoms with Gasteiger partial charge in [0.2, 0.25) is 5.95 Å². The minimum atomic E-state index is -0.591. The third kappa shape index (κ3) is 3.35. The highest BCUT2D eigenvalue weighted by atomic mass is 16.3. The van der Waals surface area contributed by atoms with Gasteiger partial charge in [0.05, 0.1) is 23.2 Å². The van der Waals surface area contributed by atoms with Gasteiger partial charge in [-0.05, 0) is 53.6 Å². The molecule has 156 valence electrons. The van der Waals surface area contributed by atoms with Crippen LogP contribution in [-0.2, 0) is 6.42 Å². The lowest BCUT2D eigenvalue weighted by Gasteiger charge is -2.22. The van der Waals surface area contributed by atoms with Gasteiger partial charge >= 0.3 is 0 Å².